The minimum Gasteiger partial charge on any atom is -0.459 e. The minimum absolute atomic E-state index is 0.0200. The molecule has 3 N–H and O–H groups in total. The van der Waals surface area contributed by atoms with E-state index in [0.29, 0.717) is 42.4 Å². The van der Waals surface area contributed by atoms with E-state index in [9.17, 15) is 19.8 Å². The summed E-state index contributed by atoms with van der Waals surface area (Å²) in [5.41, 5.74) is 2.81. The zero-order valence-electron chi connectivity index (χ0n) is 35.0. The van der Waals surface area contributed by atoms with Gasteiger partial charge in [-0.3, -0.25) is 4.79 Å². The second-order valence-electron chi connectivity index (χ2n) is 17.3. The first-order valence-corrected chi connectivity index (χ1v) is 21.4. The van der Waals surface area contributed by atoms with E-state index in [1.807, 2.05) is 62.9 Å². The van der Waals surface area contributed by atoms with Gasteiger partial charge in [-0.05, 0) is 120 Å². The number of benzene rings is 2. The van der Waals surface area contributed by atoms with Crippen LogP contribution in [0.1, 0.15) is 103 Å². The van der Waals surface area contributed by atoms with Gasteiger partial charge in [0.15, 0.2) is 11.5 Å². The summed E-state index contributed by atoms with van der Waals surface area (Å²) in [5, 5.41) is 27.5. The van der Waals surface area contributed by atoms with E-state index in [4.69, 9.17) is 33.7 Å². The van der Waals surface area contributed by atoms with Crippen molar-refractivity contribution in [1.82, 2.24) is 10.2 Å². The Morgan fingerprint density at radius 1 is 1.02 bits per heavy atom. The number of unbranched alkanes of at least 4 members (excludes halogenated alkanes) is 2. The number of hydrogen-bond donors (Lipinski definition) is 3. The molecule has 59 heavy (non-hydrogen) atoms. The lowest BCUT2D eigenvalue weighted by Gasteiger charge is -2.60. The van der Waals surface area contributed by atoms with Crippen molar-refractivity contribution in [2.24, 2.45) is 28.8 Å². The lowest BCUT2D eigenvalue weighted by atomic mass is 9.55. The van der Waals surface area contributed by atoms with Crippen molar-refractivity contribution in [3.05, 3.63) is 71.8 Å². The Morgan fingerprint density at radius 3 is 2.47 bits per heavy atom. The summed E-state index contributed by atoms with van der Waals surface area (Å²) in [6.45, 7) is 12.9. The molecule has 0 radical (unpaired) electrons. The van der Waals surface area contributed by atoms with E-state index in [2.05, 4.69) is 18.0 Å². The number of nitrogens with one attached hydrogen (secondary N) is 1. The predicted molar refractivity (Wildman–Crippen MR) is 221 cm³/mol. The first kappa shape index (κ1) is 42.5. The van der Waals surface area contributed by atoms with Crippen molar-refractivity contribution in [2.45, 2.75) is 115 Å². The number of carbonyl (C=O) groups is 2. The molecule has 2 aromatic rings. The maximum Gasteiger partial charge on any atom is 0.412 e. The monoisotopic (exact) mass is 815 g/mol. The Balaban J connectivity index is 1.45. The molecule has 13 nitrogen and oxygen atoms in total. The fraction of sp³-hybridized carbons (Fsp3) is 0.587. The fourth-order valence-electron chi connectivity index (χ4n) is 9.33. The van der Waals surface area contributed by atoms with E-state index in [1.165, 1.54) is 0 Å². The molecule has 2 amide bonds. The van der Waals surface area contributed by atoms with Crippen LogP contribution in [0.15, 0.2) is 65.9 Å². The number of nitrogens with zero attached hydrogens (tertiary/aromatic N) is 2. The second-order valence-corrected chi connectivity index (χ2v) is 17.3. The molecule has 7 rings (SSSR count). The third-order valence-electron chi connectivity index (χ3n) is 12.0. The fourth-order valence-corrected chi connectivity index (χ4v) is 9.33. The number of rotatable bonds is 18. The zero-order chi connectivity index (χ0) is 41.7. The molecule has 0 aromatic heterocycles. The van der Waals surface area contributed by atoms with Crippen molar-refractivity contribution >= 4 is 17.7 Å². The van der Waals surface area contributed by atoms with Gasteiger partial charge < -0.3 is 49.0 Å². The standard InChI is InChI=1S/C46H61N3O10/c1-6-22-56-46-40(49(43(52)30-15-16-30)27-29-14-18-38-39(23-29)55-28-54-38)26-36(48-59-45(3,4)5)34-24-31(12-8-10-20-50)33(13-9-11-21-51)41(42(34)46)35-25-32(17-19-37(35)58-46)57-44(53)47-7-2/h6,14,17-19,23-25,30-31,33,40-42,50-51H,1,7-13,15-16,20-22,26-28H2,2-5H3,(H,47,53). The van der Waals surface area contributed by atoms with Crippen LogP contribution < -0.4 is 24.3 Å². The van der Waals surface area contributed by atoms with Crippen molar-refractivity contribution in [3.8, 4) is 23.0 Å². The highest BCUT2D eigenvalue weighted by molar-refractivity contribution is 6.03. The van der Waals surface area contributed by atoms with Gasteiger partial charge in [0, 0.05) is 50.1 Å². The molecule has 6 atom stereocenters. The average molecular weight is 816 g/mol. The van der Waals surface area contributed by atoms with E-state index >= 15 is 0 Å². The normalized spacial score (nSPS) is 25.9. The number of ether oxygens (including phenoxy) is 5. The van der Waals surface area contributed by atoms with Gasteiger partial charge in [-0.2, -0.15) is 0 Å². The van der Waals surface area contributed by atoms with Gasteiger partial charge >= 0.3 is 6.09 Å². The highest BCUT2D eigenvalue weighted by Gasteiger charge is 2.66. The lowest BCUT2D eigenvalue weighted by molar-refractivity contribution is -0.258. The van der Waals surface area contributed by atoms with Crippen LogP contribution >= 0.6 is 0 Å². The number of fused-ring (bicyclic) bond motifs is 3. The number of amides is 2. The van der Waals surface area contributed by atoms with Gasteiger partial charge in [0.1, 0.15) is 23.1 Å². The largest absolute Gasteiger partial charge is 0.459 e. The second kappa shape index (κ2) is 18.4. The molecule has 5 aliphatic rings. The summed E-state index contributed by atoms with van der Waals surface area (Å²) in [5.74, 6) is 0.0678. The number of oxime groups is 1. The Bertz CT molecular complexity index is 1900. The molecule has 320 valence electrons. The van der Waals surface area contributed by atoms with Gasteiger partial charge in [-0.1, -0.05) is 36.2 Å². The first-order valence-electron chi connectivity index (χ1n) is 21.4. The number of allylic oxidation sites excluding steroid dienone is 1. The van der Waals surface area contributed by atoms with Gasteiger partial charge in [0.2, 0.25) is 18.5 Å². The van der Waals surface area contributed by atoms with Crippen molar-refractivity contribution in [2.75, 3.05) is 33.2 Å². The predicted octanol–water partition coefficient (Wildman–Crippen LogP) is 7.39. The van der Waals surface area contributed by atoms with Gasteiger partial charge in [-0.15, -0.1) is 6.58 Å². The smallest absolute Gasteiger partial charge is 0.412 e. The summed E-state index contributed by atoms with van der Waals surface area (Å²) in [6.07, 6.45) is 9.88. The van der Waals surface area contributed by atoms with E-state index in [0.717, 1.165) is 60.9 Å². The number of aliphatic hydroxyl groups is 2. The maximum atomic E-state index is 14.8. The molecule has 2 aliphatic heterocycles. The Kier molecular flexibility index (Phi) is 13.2. The van der Waals surface area contributed by atoms with Gasteiger partial charge in [-0.25, -0.2) is 4.79 Å². The van der Waals surface area contributed by atoms with Crippen LogP contribution in [0.3, 0.4) is 0 Å². The molecule has 2 aromatic carbocycles. The quantitative estimate of drug-likeness (QED) is 0.0788. The third kappa shape index (κ3) is 9.27. The lowest BCUT2D eigenvalue weighted by Crippen LogP contribution is -2.70. The Hall–Kier alpha value is -4.59. The van der Waals surface area contributed by atoms with Crippen molar-refractivity contribution < 1.29 is 48.3 Å². The van der Waals surface area contributed by atoms with Crippen LogP contribution in [0.25, 0.3) is 0 Å². The number of aliphatic hydroxyl groups excluding tert-OH is 2. The summed E-state index contributed by atoms with van der Waals surface area (Å²) < 4.78 is 31.7. The minimum atomic E-state index is -1.41. The summed E-state index contributed by atoms with van der Waals surface area (Å²) in [4.78, 5) is 35.8. The van der Waals surface area contributed by atoms with E-state index in [-0.39, 0.29) is 69.2 Å². The topological polar surface area (TPSA) is 158 Å². The highest BCUT2D eigenvalue weighted by Crippen LogP contribution is 2.62. The summed E-state index contributed by atoms with van der Waals surface area (Å²) >= 11 is 0. The SMILES string of the molecule is C=CCOC12Oc3ccc(OC(=O)NCC)cc3C3C(CCCCO)C(CCCCO)C=C(C(=NOC(C)(C)C)CC1N(Cc1ccc4c(c1)OCO4)C(=O)C1CC1)C32. The summed E-state index contributed by atoms with van der Waals surface area (Å²) in [7, 11) is 0. The molecule has 6 unspecified atom stereocenters. The summed E-state index contributed by atoms with van der Waals surface area (Å²) in [6, 6.07) is 10.6. The van der Waals surface area contributed by atoms with Gasteiger partial charge in [0.25, 0.3) is 0 Å². The molecule has 2 heterocycles. The zero-order valence-corrected chi connectivity index (χ0v) is 35.0. The molecule has 2 fully saturated rings. The van der Waals surface area contributed by atoms with Crippen LogP contribution in [0.4, 0.5) is 4.79 Å². The van der Waals surface area contributed by atoms with Gasteiger partial charge in [0.05, 0.1) is 18.2 Å². The molecule has 0 bridgehead atoms. The number of carbonyl (C=O) groups excluding carboxylic acids is 2. The van der Waals surface area contributed by atoms with Crippen LogP contribution in [-0.4, -0.2) is 83.4 Å². The van der Waals surface area contributed by atoms with Crippen LogP contribution in [0, 0.1) is 23.7 Å². The molecule has 0 saturated heterocycles. The third-order valence-corrected chi connectivity index (χ3v) is 12.0. The Morgan fingerprint density at radius 2 is 1.76 bits per heavy atom. The van der Waals surface area contributed by atoms with E-state index in [1.54, 1.807) is 12.1 Å². The van der Waals surface area contributed by atoms with Crippen LogP contribution in [0.2, 0.25) is 0 Å². The molecule has 0 spiro atoms. The van der Waals surface area contributed by atoms with Crippen LogP contribution in [-0.2, 0) is 20.9 Å². The molecular weight excluding hydrogens is 755 g/mol. The maximum absolute atomic E-state index is 14.8. The molecule has 2 saturated carbocycles. The molecular formula is C46H61N3O10. The van der Waals surface area contributed by atoms with Crippen molar-refractivity contribution in [1.29, 1.82) is 0 Å². The molecule has 3 aliphatic carbocycles. The first-order chi connectivity index (χ1) is 28.5. The van der Waals surface area contributed by atoms with Crippen LogP contribution in [0.5, 0.6) is 23.0 Å². The average Bonchev–Trinajstić information content (AvgIpc) is 3.96. The van der Waals surface area contributed by atoms with Crippen molar-refractivity contribution in [3.63, 3.8) is 0 Å². The molecule has 13 heteroatoms. The highest BCUT2D eigenvalue weighted by atomic mass is 16.7. The van der Waals surface area contributed by atoms with E-state index < -0.39 is 29.4 Å². The number of hydrogen-bond acceptors (Lipinski definition) is 11. The Labute approximate surface area is 347 Å².